The van der Waals surface area contributed by atoms with Crippen LogP contribution in [0, 0.1) is 29.6 Å². The molecule has 2 aliphatic heterocycles. The molecule has 0 aliphatic carbocycles. The maximum absolute atomic E-state index is 12.1. The number of hydrogen-bond donors (Lipinski definition) is 0. The maximum Gasteiger partial charge on any atom is 0.161 e. The average Bonchev–Trinajstić information content (AvgIpc) is 2.54. The first-order valence-electron chi connectivity index (χ1n) is 9.65. The molecule has 2 heterocycles. The molecular weight excluding hydrogens is 304 g/mol. The van der Waals surface area contributed by atoms with Gasteiger partial charge in [-0.2, -0.15) is 0 Å². The third kappa shape index (κ3) is 3.71. The molecule has 0 amide bonds. The van der Waals surface area contributed by atoms with Gasteiger partial charge in [0.1, 0.15) is 6.10 Å². The number of carbonyl (C=O) groups is 1. The number of rotatable bonds is 4. The quantitative estimate of drug-likeness (QED) is 0.774. The standard InChI is InChI=1S/C20H36O4/c1-9-17-12(4)10(2)14(6)20(23-17)24-18-13(5)11(3)16(8)22-19(18)15(7)21/h10-14,16-20H,9H2,1-8H3/t10-,11?,12-,13+,14?,16?,17?,18-,19?,20-/m0/s1. The molecular formula is C20H36O4. The Morgan fingerprint density at radius 2 is 1.50 bits per heavy atom. The summed E-state index contributed by atoms with van der Waals surface area (Å²) >= 11 is 0. The molecule has 2 saturated heterocycles. The molecule has 0 bridgehead atoms. The molecule has 2 rings (SSSR count). The van der Waals surface area contributed by atoms with Crippen molar-refractivity contribution in [1.29, 1.82) is 0 Å². The van der Waals surface area contributed by atoms with Gasteiger partial charge in [-0.3, -0.25) is 4.79 Å². The Morgan fingerprint density at radius 3 is 2.04 bits per heavy atom. The Kier molecular flexibility index (Phi) is 6.49. The lowest BCUT2D eigenvalue weighted by molar-refractivity contribution is -0.295. The molecule has 24 heavy (non-hydrogen) atoms. The van der Waals surface area contributed by atoms with Crippen LogP contribution >= 0.6 is 0 Å². The minimum absolute atomic E-state index is 0.0440. The first-order valence-corrected chi connectivity index (χ1v) is 9.65. The molecule has 4 heteroatoms. The van der Waals surface area contributed by atoms with Gasteiger partial charge < -0.3 is 14.2 Å². The van der Waals surface area contributed by atoms with E-state index in [1.807, 2.05) is 6.92 Å². The van der Waals surface area contributed by atoms with Crippen LogP contribution in [0.1, 0.15) is 61.8 Å². The lowest BCUT2D eigenvalue weighted by Crippen LogP contribution is -2.56. The van der Waals surface area contributed by atoms with E-state index in [4.69, 9.17) is 14.2 Å². The molecule has 5 unspecified atom stereocenters. The van der Waals surface area contributed by atoms with Crippen LogP contribution in [0.5, 0.6) is 0 Å². The molecule has 0 spiro atoms. The molecule has 0 N–H and O–H groups in total. The summed E-state index contributed by atoms with van der Waals surface area (Å²) in [5.41, 5.74) is 0. The Balaban J connectivity index is 2.18. The Hall–Kier alpha value is -0.450. The number of ether oxygens (including phenoxy) is 3. The van der Waals surface area contributed by atoms with Crippen LogP contribution < -0.4 is 0 Å². The topological polar surface area (TPSA) is 44.8 Å². The van der Waals surface area contributed by atoms with Crippen molar-refractivity contribution in [2.45, 2.75) is 92.5 Å². The van der Waals surface area contributed by atoms with E-state index >= 15 is 0 Å². The van der Waals surface area contributed by atoms with Crippen molar-refractivity contribution in [2.24, 2.45) is 29.6 Å². The summed E-state index contributed by atoms with van der Waals surface area (Å²) in [7, 11) is 0. The fourth-order valence-corrected chi connectivity index (χ4v) is 4.22. The molecule has 4 nitrogen and oxygen atoms in total. The molecule has 0 aromatic heterocycles. The summed E-state index contributed by atoms with van der Waals surface area (Å²) in [5.74, 6) is 2.00. The van der Waals surface area contributed by atoms with E-state index in [1.54, 1.807) is 6.92 Å². The van der Waals surface area contributed by atoms with Crippen LogP contribution in [0.25, 0.3) is 0 Å². The summed E-state index contributed by atoms with van der Waals surface area (Å²) in [4.78, 5) is 12.1. The predicted octanol–water partition coefficient (Wildman–Crippen LogP) is 4.06. The van der Waals surface area contributed by atoms with Crippen molar-refractivity contribution >= 4 is 5.78 Å². The van der Waals surface area contributed by atoms with Gasteiger partial charge in [-0.05, 0) is 43.9 Å². The Bertz CT molecular complexity index is 435. The van der Waals surface area contributed by atoms with Gasteiger partial charge in [0.05, 0.1) is 18.3 Å². The summed E-state index contributed by atoms with van der Waals surface area (Å²) in [6, 6.07) is 0. The van der Waals surface area contributed by atoms with E-state index in [9.17, 15) is 4.79 Å². The zero-order valence-electron chi connectivity index (χ0n) is 16.6. The van der Waals surface area contributed by atoms with Crippen LogP contribution in [0.4, 0.5) is 0 Å². The molecule has 10 atom stereocenters. The van der Waals surface area contributed by atoms with Gasteiger partial charge in [-0.25, -0.2) is 0 Å². The van der Waals surface area contributed by atoms with Crippen LogP contribution in [0.15, 0.2) is 0 Å². The van der Waals surface area contributed by atoms with Crippen LogP contribution in [-0.4, -0.2) is 36.5 Å². The highest BCUT2D eigenvalue weighted by molar-refractivity contribution is 5.81. The molecule has 0 saturated carbocycles. The van der Waals surface area contributed by atoms with Gasteiger partial charge >= 0.3 is 0 Å². The van der Waals surface area contributed by atoms with E-state index < -0.39 is 6.10 Å². The van der Waals surface area contributed by atoms with Gasteiger partial charge in [-0.15, -0.1) is 0 Å². The Morgan fingerprint density at radius 1 is 0.875 bits per heavy atom. The second kappa shape index (κ2) is 7.84. The van der Waals surface area contributed by atoms with Crippen LogP contribution in [0.2, 0.25) is 0 Å². The minimum atomic E-state index is -0.489. The molecule has 2 fully saturated rings. The van der Waals surface area contributed by atoms with Crippen LogP contribution in [-0.2, 0) is 19.0 Å². The van der Waals surface area contributed by atoms with Gasteiger partial charge in [-0.1, -0.05) is 41.5 Å². The van der Waals surface area contributed by atoms with E-state index in [2.05, 4.69) is 41.5 Å². The monoisotopic (exact) mass is 340 g/mol. The summed E-state index contributed by atoms with van der Waals surface area (Å²) in [6.07, 6.45) is 0.280. The third-order valence-electron chi connectivity index (χ3n) is 6.83. The lowest BCUT2D eigenvalue weighted by atomic mass is 9.77. The summed E-state index contributed by atoms with van der Waals surface area (Å²) in [5, 5.41) is 0. The fourth-order valence-electron chi connectivity index (χ4n) is 4.22. The smallest absolute Gasteiger partial charge is 0.161 e. The highest BCUT2D eigenvalue weighted by Crippen LogP contribution is 2.40. The number of ketones is 1. The summed E-state index contributed by atoms with van der Waals surface area (Å²) < 4.78 is 18.7. The summed E-state index contributed by atoms with van der Waals surface area (Å²) in [6.45, 7) is 16.9. The highest BCUT2D eigenvalue weighted by atomic mass is 16.7. The van der Waals surface area contributed by atoms with Crippen molar-refractivity contribution in [3.8, 4) is 0 Å². The van der Waals surface area contributed by atoms with Crippen LogP contribution in [0.3, 0.4) is 0 Å². The zero-order valence-corrected chi connectivity index (χ0v) is 16.6. The van der Waals surface area contributed by atoms with E-state index in [0.29, 0.717) is 23.7 Å². The van der Waals surface area contributed by atoms with Crippen molar-refractivity contribution in [3.05, 3.63) is 0 Å². The number of Topliss-reactive ketones (excluding diaryl/α,β-unsaturated/α-hetero) is 1. The van der Waals surface area contributed by atoms with Crippen molar-refractivity contribution in [3.63, 3.8) is 0 Å². The minimum Gasteiger partial charge on any atom is -0.364 e. The normalized spacial score (nSPS) is 49.8. The molecule has 140 valence electrons. The first-order chi connectivity index (χ1) is 11.2. The first kappa shape index (κ1) is 19.9. The van der Waals surface area contributed by atoms with E-state index in [1.165, 1.54) is 0 Å². The van der Waals surface area contributed by atoms with Gasteiger partial charge in [0.15, 0.2) is 12.1 Å². The average molecular weight is 341 g/mol. The maximum atomic E-state index is 12.1. The SMILES string of the molecule is CCC1O[C@@H](O[C@@H]2C(C(C)=O)OC(C)C(C)[C@H]2C)C(C)[C@@H](C)[C@@H]1C. The van der Waals surface area contributed by atoms with Crippen molar-refractivity contribution < 1.29 is 19.0 Å². The second-order valence-electron chi connectivity index (χ2n) is 8.22. The van der Waals surface area contributed by atoms with E-state index in [0.717, 1.165) is 6.42 Å². The third-order valence-corrected chi connectivity index (χ3v) is 6.83. The lowest BCUT2D eigenvalue weighted by Gasteiger charge is -2.48. The zero-order chi connectivity index (χ0) is 18.2. The Labute approximate surface area is 147 Å². The van der Waals surface area contributed by atoms with Gasteiger partial charge in [0.25, 0.3) is 0 Å². The molecule has 0 aromatic rings. The van der Waals surface area contributed by atoms with Crippen molar-refractivity contribution in [1.82, 2.24) is 0 Å². The number of carbonyl (C=O) groups excluding carboxylic acids is 1. The predicted molar refractivity (Wildman–Crippen MR) is 94.7 cm³/mol. The highest BCUT2D eigenvalue weighted by Gasteiger charge is 2.46. The molecule has 0 aromatic carbocycles. The van der Waals surface area contributed by atoms with Gasteiger partial charge in [0.2, 0.25) is 0 Å². The van der Waals surface area contributed by atoms with Gasteiger partial charge in [0, 0.05) is 5.92 Å². The second-order valence-corrected chi connectivity index (χ2v) is 8.22. The fraction of sp³-hybridized carbons (Fsp3) is 0.950. The molecule has 0 radical (unpaired) electrons. The number of hydrogen-bond acceptors (Lipinski definition) is 4. The largest absolute Gasteiger partial charge is 0.364 e. The molecule has 2 aliphatic rings. The van der Waals surface area contributed by atoms with Crippen molar-refractivity contribution in [2.75, 3.05) is 0 Å². The van der Waals surface area contributed by atoms with E-state index in [-0.39, 0.29) is 36.3 Å².